The van der Waals surface area contributed by atoms with Gasteiger partial charge in [0.15, 0.2) is 0 Å². The van der Waals surface area contributed by atoms with Gasteiger partial charge < -0.3 is 26.0 Å². The average molecular weight is 370 g/mol. The van der Waals surface area contributed by atoms with Gasteiger partial charge in [0.05, 0.1) is 23.7 Å². The number of nitrogens with one attached hydrogen (secondary N) is 2. The molecule has 1 rings (SSSR count). The Hall–Kier alpha value is -2.96. The van der Waals surface area contributed by atoms with Crippen molar-refractivity contribution in [2.45, 2.75) is 12.2 Å². The third-order valence-electron chi connectivity index (χ3n) is 3.15. The maximum Gasteiger partial charge on any atom is 0.271 e. The first kappa shape index (κ1) is 21.1. The lowest BCUT2D eigenvalue weighted by molar-refractivity contribution is -0.384. The van der Waals surface area contributed by atoms with Crippen LogP contribution in [0.25, 0.3) is 0 Å². The van der Waals surface area contributed by atoms with Gasteiger partial charge in [0.2, 0.25) is 0 Å². The van der Waals surface area contributed by atoms with Crippen molar-refractivity contribution >= 4 is 17.5 Å². The minimum absolute atomic E-state index is 0.204. The van der Waals surface area contributed by atoms with Crippen molar-refractivity contribution in [1.29, 1.82) is 0 Å². The summed E-state index contributed by atoms with van der Waals surface area (Å²) in [6.45, 7) is -1.61. The Labute approximate surface area is 147 Å². The van der Waals surface area contributed by atoms with Gasteiger partial charge in [0.1, 0.15) is 6.54 Å². The molecule has 0 heterocycles. The molecule has 0 saturated carbocycles. The molecule has 0 saturated heterocycles. The highest BCUT2D eigenvalue weighted by atomic mass is 16.6. The first-order valence-corrected chi connectivity index (χ1v) is 7.40. The fourth-order valence-corrected chi connectivity index (χ4v) is 1.82. The molecule has 0 bridgehead atoms. The zero-order valence-corrected chi connectivity index (χ0v) is 13.5. The fraction of sp³-hybridized carbons (Fsp3) is 0.429. The summed E-state index contributed by atoms with van der Waals surface area (Å²) >= 11 is 0. The molecule has 2 atom stereocenters. The van der Waals surface area contributed by atoms with E-state index in [1.54, 1.807) is 0 Å². The minimum atomic E-state index is -1.21. The van der Waals surface area contributed by atoms with Gasteiger partial charge in [-0.15, -0.1) is 0 Å². The van der Waals surface area contributed by atoms with Crippen LogP contribution in [0.5, 0.6) is 0 Å². The van der Waals surface area contributed by atoms with E-state index in [1.165, 1.54) is 0 Å². The Morgan fingerprint density at radius 2 is 1.58 bits per heavy atom. The van der Waals surface area contributed by atoms with Crippen LogP contribution in [0.15, 0.2) is 23.4 Å². The van der Waals surface area contributed by atoms with E-state index in [1.807, 2.05) is 0 Å². The maximum absolute atomic E-state index is 12.1. The summed E-state index contributed by atoms with van der Waals surface area (Å²) in [6, 6.07) is 2.98. The Kier molecular flexibility index (Phi) is 8.21. The molecule has 12 heteroatoms. The van der Waals surface area contributed by atoms with E-state index in [0.29, 0.717) is 0 Å². The van der Waals surface area contributed by atoms with Crippen LogP contribution in [0.1, 0.15) is 20.7 Å². The highest BCUT2D eigenvalue weighted by Gasteiger charge is 2.19. The molecular formula is C14H18N4O8. The number of aliphatic hydroxyl groups is 3. The Balaban J connectivity index is 2.96. The summed E-state index contributed by atoms with van der Waals surface area (Å²) in [5.74, 6) is -1.59. The van der Waals surface area contributed by atoms with Gasteiger partial charge in [0.25, 0.3) is 17.5 Å². The Bertz CT molecular complexity index is 681. The predicted molar refractivity (Wildman–Crippen MR) is 87.5 cm³/mol. The highest BCUT2D eigenvalue weighted by Crippen LogP contribution is 2.17. The number of nitroso groups, excluding NO2 is 1. The number of carbonyl (C=O) groups excluding carboxylic acids is 2. The zero-order chi connectivity index (χ0) is 19.7. The molecule has 1 aromatic rings. The van der Waals surface area contributed by atoms with Crippen LogP contribution < -0.4 is 10.6 Å². The summed E-state index contributed by atoms with van der Waals surface area (Å²) in [5, 5.41) is 45.3. The summed E-state index contributed by atoms with van der Waals surface area (Å²) in [6.07, 6.45) is -2.41. The lowest BCUT2D eigenvalue weighted by Crippen LogP contribution is -2.35. The lowest BCUT2D eigenvalue weighted by Gasteiger charge is -2.11. The molecule has 2 amide bonds. The fourth-order valence-electron chi connectivity index (χ4n) is 1.82. The summed E-state index contributed by atoms with van der Waals surface area (Å²) in [4.78, 5) is 44.3. The predicted octanol–water partition coefficient (Wildman–Crippen LogP) is -1.47. The molecule has 0 fully saturated rings. The summed E-state index contributed by atoms with van der Waals surface area (Å²) < 4.78 is 0. The highest BCUT2D eigenvalue weighted by molar-refractivity contribution is 6.00. The normalized spacial score (nSPS) is 12.7. The van der Waals surface area contributed by atoms with E-state index in [4.69, 9.17) is 5.11 Å². The van der Waals surface area contributed by atoms with Crippen LogP contribution >= 0.6 is 0 Å². The first-order chi connectivity index (χ1) is 12.3. The molecule has 12 nitrogen and oxygen atoms in total. The number of non-ortho nitro benzene ring substituents is 1. The van der Waals surface area contributed by atoms with E-state index < -0.39 is 47.8 Å². The zero-order valence-electron chi connectivity index (χ0n) is 13.5. The molecule has 26 heavy (non-hydrogen) atoms. The van der Waals surface area contributed by atoms with E-state index in [-0.39, 0.29) is 24.2 Å². The van der Waals surface area contributed by atoms with Crippen molar-refractivity contribution < 1.29 is 29.8 Å². The number of amides is 2. The van der Waals surface area contributed by atoms with Gasteiger partial charge in [-0.2, -0.15) is 4.91 Å². The second-order valence-electron chi connectivity index (χ2n) is 5.25. The number of nitro benzene ring substituents is 1. The van der Waals surface area contributed by atoms with E-state index in [9.17, 15) is 34.8 Å². The van der Waals surface area contributed by atoms with E-state index in [0.717, 1.165) is 18.2 Å². The average Bonchev–Trinajstić information content (AvgIpc) is 2.63. The van der Waals surface area contributed by atoms with Crippen molar-refractivity contribution in [3.8, 4) is 0 Å². The third-order valence-corrected chi connectivity index (χ3v) is 3.15. The molecule has 0 aromatic heterocycles. The number of hydrogen-bond donors (Lipinski definition) is 5. The Morgan fingerprint density at radius 3 is 2.00 bits per heavy atom. The van der Waals surface area contributed by atoms with Crippen molar-refractivity contribution in [3.63, 3.8) is 0 Å². The number of carbonyl (C=O) groups is 2. The van der Waals surface area contributed by atoms with Crippen molar-refractivity contribution in [2.75, 3.05) is 26.2 Å². The molecular weight excluding hydrogens is 352 g/mol. The Morgan fingerprint density at radius 1 is 1.08 bits per heavy atom. The second kappa shape index (κ2) is 10.1. The smallest absolute Gasteiger partial charge is 0.271 e. The topological polar surface area (TPSA) is 191 Å². The molecule has 0 aliphatic rings. The molecule has 0 spiro atoms. The van der Waals surface area contributed by atoms with Crippen LogP contribution in [0.4, 0.5) is 5.69 Å². The number of nitro groups is 1. The van der Waals surface area contributed by atoms with E-state index >= 15 is 0 Å². The quantitative estimate of drug-likeness (QED) is 0.187. The number of benzene rings is 1. The van der Waals surface area contributed by atoms with Gasteiger partial charge in [-0.25, -0.2) is 0 Å². The number of aliphatic hydroxyl groups excluding tert-OH is 3. The number of rotatable bonds is 10. The first-order valence-electron chi connectivity index (χ1n) is 7.40. The van der Waals surface area contributed by atoms with Gasteiger partial charge in [-0.05, 0) is 6.07 Å². The summed E-state index contributed by atoms with van der Waals surface area (Å²) in [5.41, 5.74) is -0.927. The third kappa shape index (κ3) is 6.51. The molecule has 0 radical (unpaired) electrons. The van der Waals surface area contributed by atoms with Crippen molar-refractivity contribution in [2.24, 2.45) is 5.18 Å². The molecule has 2 unspecified atom stereocenters. The van der Waals surface area contributed by atoms with Crippen LogP contribution in [-0.2, 0) is 0 Å². The number of nitrogens with zero attached hydrogens (tertiary/aromatic N) is 2. The van der Waals surface area contributed by atoms with Gasteiger partial charge in [0, 0.05) is 36.3 Å². The second-order valence-corrected chi connectivity index (χ2v) is 5.25. The molecule has 142 valence electrons. The minimum Gasteiger partial charge on any atom is -0.394 e. The molecule has 0 aliphatic carbocycles. The van der Waals surface area contributed by atoms with Crippen molar-refractivity contribution in [3.05, 3.63) is 44.3 Å². The largest absolute Gasteiger partial charge is 0.394 e. The van der Waals surface area contributed by atoms with Gasteiger partial charge in [-0.1, -0.05) is 5.18 Å². The van der Waals surface area contributed by atoms with Crippen LogP contribution in [-0.4, -0.2) is 70.5 Å². The lowest BCUT2D eigenvalue weighted by atomic mass is 10.1. The molecule has 1 aromatic carbocycles. The SMILES string of the molecule is O=NCC(O)CNC(=O)c1cc(C(=O)NCC(O)CO)cc([N+](=O)[O-])c1. The standard InChI is InChI=1S/C14H18N4O8/c19-7-12(21)5-16-14(23)9-1-8(2-10(3-9)18(25)26)13(22)15-4-11(20)6-17-24/h1-3,11-12,19-21H,4-7H2,(H,15,22)(H,16,23). The van der Waals surface area contributed by atoms with Crippen LogP contribution in [0, 0.1) is 15.0 Å². The monoisotopic (exact) mass is 370 g/mol. The summed E-state index contributed by atoms with van der Waals surface area (Å²) in [7, 11) is 0. The maximum atomic E-state index is 12.1. The van der Waals surface area contributed by atoms with Crippen LogP contribution in [0.2, 0.25) is 0 Å². The van der Waals surface area contributed by atoms with Gasteiger partial charge >= 0.3 is 0 Å². The number of hydrogen-bond acceptors (Lipinski definition) is 9. The van der Waals surface area contributed by atoms with Crippen LogP contribution in [0.3, 0.4) is 0 Å². The van der Waals surface area contributed by atoms with E-state index in [2.05, 4.69) is 15.8 Å². The molecule has 0 aliphatic heterocycles. The van der Waals surface area contributed by atoms with Gasteiger partial charge in [-0.3, -0.25) is 19.7 Å². The molecule has 5 N–H and O–H groups in total. The van der Waals surface area contributed by atoms with Crippen molar-refractivity contribution in [1.82, 2.24) is 10.6 Å².